The molecule has 0 amide bonds. The second-order valence-corrected chi connectivity index (χ2v) is 25.0. The fourth-order valence-electron chi connectivity index (χ4n) is 9.18. The molecule has 14 heteroatoms. The Kier molecular flexibility index (Phi) is 25.6. The topological polar surface area (TPSA) is 105 Å². The standard InChI is InChI=1S/C12H18N2O.C12H20N2S.C12H17NO.C11H16N2O.C9H13N.C8H13NS/c1-10(2)11-3-4-13-12(9-11)14-5-7-15-8-6-14;1-9(2)11-10(3)13-12(15-11)14-7-5-4-6-8-14;1-9(2)10-4-5-11-12(8-10)14-7-6-13(11)3;1-8(2)9-6-10-11(12-7-9)13(3)4-5-14-10;1-7(2)9-4-8(3)5-10-6-9;1-5(2)8-6(3)9-7(4)10-8/h3-4,9-10H,5-8H2,1-2H3;9H,4-8H2,1-3H3;4-5,8-9H,6-7H2,1-3H3;6-8H,4-5H2,1-3H3;4-7H,1-3H3;5H,1-4H3. The van der Waals surface area contributed by atoms with Crippen LogP contribution in [0.2, 0.25) is 0 Å². The van der Waals surface area contributed by atoms with E-state index in [-0.39, 0.29) is 0 Å². The lowest BCUT2D eigenvalue weighted by atomic mass is 10.0. The van der Waals surface area contributed by atoms with E-state index in [0.29, 0.717) is 35.5 Å². The molecule has 2 saturated heterocycles. The van der Waals surface area contributed by atoms with E-state index in [9.17, 15) is 0 Å². The van der Waals surface area contributed by atoms with Gasteiger partial charge in [0.05, 0.1) is 48.4 Å². The normalized spacial score (nSPS) is 14.9. The number of morpholine rings is 1. The van der Waals surface area contributed by atoms with Crippen molar-refractivity contribution in [1.82, 2.24) is 24.9 Å². The first-order valence-corrected chi connectivity index (χ1v) is 30.4. The van der Waals surface area contributed by atoms with Gasteiger partial charge in [-0.05, 0) is 141 Å². The Morgan fingerprint density at radius 1 is 0.487 bits per heavy atom. The summed E-state index contributed by atoms with van der Waals surface area (Å²) < 4.78 is 16.6. The lowest BCUT2D eigenvalue weighted by Crippen LogP contribution is -2.36. The van der Waals surface area contributed by atoms with E-state index in [1.54, 1.807) is 0 Å². The molecule has 78 heavy (non-hydrogen) atoms. The second kappa shape index (κ2) is 31.5. The lowest BCUT2D eigenvalue weighted by molar-refractivity contribution is 0.122. The minimum Gasteiger partial charge on any atom is -0.490 e. The van der Waals surface area contributed by atoms with Crippen molar-refractivity contribution in [3.8, 4) is 11.5 Å². The quantitative estimate of drug-likeness (QED) is 0.145. The number of anilines is 4. The molecule has 0 atom stereocenters. The van der Waals surface area contributed by atoms with Crippen molar-refractivity contribution in [1.29, 1.82) is 0 Å². The highest BCUT2D eigenvalue weighted by atomic mass is 32.1. The second-order valence-electron chi connectivity index (χ2n) is 22.8. The molecular formula is C64H97N9O3S2. The maximum absolute atomic E-state index is 5.64. The van der Waals surface area contributed by atoms with E-state index in [1.165, 1.54) is 97.1 Å². The highest BCUT2D eigenvalue weighted by molar-refractivity contribution is 7.15. The Morgan fingerprint density at radius 2 is 1.05 bits per heavy atom. The monoisotopic (exact) mass is 1100 g/mol. The van der Waals surface area contributed by atoms with Gasteiger partial charge in [-0.3, -0.25) is 4.98 Å². The first kappa shape index (κ1) is 63.5. The summed E-state index contributed by atoms with van der Waals surface area (Å²) in [5.41, 5.74) is 10.1. The summed E-state index contributed by atoms with van der Waals surface area (Å²) in [7, 11) is 4.15. The fraction of sp³-hybridized carbons (Fsp3) is 0.578. The lowest BCUT2D eigenvalue weighted by Gasteiger charge is -2.28. The molecule has 0 spiro atoms. The predicted molar refractivity (Wildman–Crippen MR) is 333 cm³/mol. The van der Waals surface area contributed by atoms with Crippen LogP contribution in [0, 0.1) is 27.7 Å². The van der Waals surface area contributed by atoms with Crippen molar-refractivity contribution in [2.24, 2.45) is 0 Å². The maximum atomic E-state index is 5.64. The minimum atomic E-state index is 0.503. The van der Waals surface area contributed by atoms with Crippen LogP contribution in [0.5, 0.6) is 11.5 Å². The number of hydrogen-bond donors (Lipinski definition) is 0. The average molecular weight is 1100 g/mol. The molecule has 12 nitrogen and oxygen atoms in total. The molecule has 2 fully saturated rings. The molecule has 428 valence electrons. The van der Waals surface area contributed by atoms with Gasteiger partial charge in [0, 0.05) is 74.8 Å². The van der Waals surface area contributed by atoms with Gasteiger partial charge in [0.2, 0.25) is 0 Å². The van der Waals surface area contributed by atoms with Crippen LogP contribution in [-0.2, 0) is 4.74 Å². The van der Waals surface area contributed by atoms with Gasteiger partial charge < -0.3 is 33.8 Å². The number of fused-ring (bicyclic) bond motifs is 2. The van der Waals surface area contributed by atoms with Crippen LogP contribution < -0.4 is 29.1 Å². The van der Waals surface area contributed by atoms with E-state index in [1.807, 2.05) is 54.5 Å². The summed E-state index contributed by atoms with van der Waals surface area (Å²) in [5.74, 6) is 7.47. The largest absolute Gasteiger partial charge is 0.490 e. The third kappa shape index (κ3) is 19.5. The van der Waals surface area contributed by atoms with Gasteiger partial charge in [-0.1, -0.05) is 95.2 Å². The van der Waals surface area contributed by atoms with E-state index < -0.39 is 0 Å². The number of hydrogen-bond acceptors (Lipinski definition) is 14. The Balaban J connectivity index is 0.000000174. The van der Waals surface area contributed by atoms with Crippen LogP contribution in [0.15, 0.2) is 67.3 Å². The molecule has 5 aromatic heterocycles. The van der Waals surface area contributed by atoms with Crippen molar-refractivity contribution in [3.63, 3.8) is 0 Å². The smallest absolute Gasteiger partial charge is 0.185 e. The number of piperidine rings is 1. The summed E-state index contributed by atoms with van der Waals surface area (Å²) >= 11 is 3.70. The van der Waals surface area contributed by atoms with Gasteiger partial charge in [0.1, 0.15) is 24.8 Å². The van der Waals surface area contributed by atoms with Gasteiger partial charge in [-0.15, -0.1) is 22.7 Å². The van der Waals surface area contributed by atoms with Crippen LogP contribution in [0.3, 0.4) is 0 Å². The SMILES string of the molecule is CC(C)c1ccc2c(c1)OCCN2C.CC(C)c1ccnc(N2CCOCC2)c1.CC(C)c1cnc2c(c1)OCCN2C.Cc1cncc(C(C)C)c1.Cc1nc(C)c(C(C)C)s1.Cc1nc(N2CCCCC2)sc1C(C)C. The highest BCUT2D eigenvalue weighted by Crippen LogP contribution is 2.35. The summed E-state index contributed by atoms with van der Waals surface area (Å²) in [4.78, 5) is 34.0. The van der Waals surface area contributed by atoms with Crippen LogP contribution in [0.4, 0.5) is 22.5 Å². The zero-order valence-electron chi connectivity index (χ0n) is 51.1. The number of pyridine rings is 3. The first-order valence-electron chi connectivity index (χ1n) is 28.8. The first-order chi connectivity index (χ1) is 37.1. The molecule has 9 heterocycles. The Bertz CT molecular complexity index is 2640. The van der Waals surface area contributed by atoms with E-state index >= 15 is 0 Å². The molecule has 0 unspecified atom stereocenters. The molecule has 0 saturated carbocycles. The number of likely N-dealkylation sites (N-methyl/N-ethyl adjacent to an activating group) is 2. The third-order valence-corrected chi connectivity index (χ3v) is 17.0. The van der Waals surface area contributed by atoms with Crippen molar-refractivity contribution >= 4 is 45.1 Å². The maximum Gasteiger partial charge on any atom is 0.185 e. The predicted octanol–water partition coefficient (Wildman–Crippen LogP) is 15.7. The molecule has 6 aromatic rings. The van der Waals surface area contributed by atoms with E-state index in [0.717, 1.165) is 75.7 Å². The fourth-order valence-corrected chi connectivity index (χ4v) is 11.2. The van der Waals surface area contributed by atoms with E-state index in [4.69, 9.17) is 19.2 Å². The van der Waals surface area contributed by atoms with Crippen LogP contribution in [-0.4, -0.2) is 105 Å². The molecule has 4 aliphatic rings. The number of rotatable bonds is 8. The number of benzene rings is 1. The molecule has 0 aliphatic carbocycles. The number of aryl methyl sites for hydroxylation is 4. The summed E-state index contributed by atoms with van der Waals surface area (Å²) in [6.07, 6.45) is 11.7. The Labute approximate surface area is 479 Å². The number of ether oxygens (including phenoxy) is 3. The minimum absolute atomic E-state index is 0.503. The van der Waals surface area contributed by atoms with Crippen LogP contribution in [0.1, 0.15) is 192 Å². The third-order valence-electron chi connectivity index (χ3n) is 14.1. The van der Waals surface area contributed by atoms with Gasteiger partial charge in [0.15, 0.2) is 16.7 Å². The molecule has 0 bridgehead atoms. The zero-order chi connectivity index (χ0) is 57.1. The summed E-state index contributed by atoms with van der Waals surface area (Å²) in [6, 6.07) is 15.1. The van der Waals surface area contributed by atoms with Gasteiger partial charge >= 0.3 is 0 Å². The number of aromatic nitrogens is 5. The van der Waals surface area contributed by atoms with Crippen molar-refractivity contribution in [2.75, 3.05) is 99.4 Å². The number of thiazole rings is 2. The zero-order valence-corrected chi connectivity index (χ0v) is 52.7. The summed E-state index contributed by atoms with van der Waals surface area (Å²) in [5, 5.41) is 2.43. The highest BCUT2D eigenvalue weighted by Gasteiger charge is 2.20. The van der Waals surface area contributed by atoms with Gasteiger partial charge in [-0.25, -0.2) is 19.9 Å². The molecule has 0 radical (unpaired) electrons. The molecule has 1 aromatic carbocycles. The molecule has 0 N–H and O–H groups in total. The summed E-state index contributed by atoms with van der Waals surface area (Å²) in [6.45, 7) is 44.1. The van der Waals surface area contributed by atoms with Crippen LogP contribution >= 0.6 is 22.7 Å². The Morgan fingerprint density at radius 3 is 1.60 bits per heavy atom. The van der Waals surface area contributed by atoms with Crippen LogP contribution in [0.25, 0.3) is 0 Å². The molecule has 10 rings (SSSR count). The average Bonchev–Trinajstić information content (AvgIpc) is 4.01. The number of nitrogens with zero attached hydrogens (tertiary/aromatic N) is 9. The van der Waals surface area contributed by atoms with Crippen molar-refractivity contribution in [2.45, 2.75) is 166 Å². The van der Waals surface area contributed by atoms with E-state index in [2.05, 4.69) is 200 Å². The Hall–Kier alpha value is -5.31. The van der Waals surface area contributed by atoms with Gasteiger partial charge in [-0.2, -0.15) is 0 Å². The molecule has 4 aliphatic heterocycles. The van der Waals surface area contributed by atoms with Crippen molar-refractivity contribution < 1.29 is 14.2 Å². The molecular weight excluding hydrogens is 1010 g/mol. The van der Waals surface area contributed by atoms with Gasteiger partial charge in [0.25, 0.3) is 0 Å². The van der Waals surface area contributed by atoms with Crippen molar-refractivity contribution in [3.05, 3.63) is 121 Å².